The van der Waals surface area contributed by atoms with Crippen molar-refractivity contribution < 1.29 is 43.1 Å². The van der Waals surface area contributed by atoms with Gasteiger partial charge in [-0.2, -0.15) is 0 Å². The summed E-state index contributed by atoms with van der Waals surface area (Å²) in [6.45, 7) is 4.83. The van der Waals surface area contributed by atoms with Gasteiger partial charge in [0.05, 0.1) is 46.2 Å². The highest BCUT2D eigenvalue weighted by Crippen LogP contribution is 2.46. The van der Waals surface area contributed by atoms with E-state index in [-0.39, 0.29) is 11.3 Å². The number of nitrogens with zero attached hydrogens (tertiary/aromatic N) is 2. The summed E-state index contributed by atoms with van der Waals surface area (Å²) in [7, 11) is 4.49. The van der Waals surface area contributed by atoms with Crippen LogP contribution in [0, 0.1) is 0 Å². The predicted octanol–water partition coefficient (Wildman–Crippen LogP) is 2.63. The molecular weight excluding hydrogens is 520 g/mol. The summed E-state index contributed by atoms with van der Waals surface area (Å²) in [6.07, 6.45) is 0.637. The van der Waals surface area contributed by atoms with Crippen molar-refractivity contribution in [3.05, 3.63) is 47.0 Å². The number of Topliss-reactive ketones (excluding diaryl/α,β-unsaturated/α-hetero) is 1. The second kappa shape index (κ2) is 12.1. The Labute approximate surface area is 232 Å². The zero-order valence-electron chi connectivity index (χ0n) is 22.9. The highest BCUT2D eigenvalue weighted by molar-refractivity contribution is 6.46. The zero-order chi connectivity index (χ0) is 28.2. The smallest absolute Gasteiger partial charge is 0.295 e. The molecule has 3 heterocycles. The van der Waals surface area contributed by atoms with E-state index in [0.29, 0.717) is 79.3 Å². The molecule has 1 unspecified atom stereocenters. The van der Waals surface area contributed by atoms with Gasteiger partial charge in [0.25, 0.3) is 11.7 Å². The Morgan fingerprint density at radius 2 is 1.57 bits per heavy atom. The predicted molar refractivity (Wildman–Crippen MR) is 144 cm³/mol. The number of fused-ring (bicyclic) bond motifs is 1. The summed E-state index contributed by atoms with van der Waals surface area (Å²) in [6, 6.07) is 7.44. The first-order valence-electron chi connectivity index (χ1n) is 13.2. The van der Waals surface area contributed by atoms with Gasteiger partial charge in [-0.05, 0) is 42.3 Å². The number of benzene rings is 2. The van der Waals surface area contributed by atoms with E-state index in [2.05, 4.69) is 4.90 Å². The molecule has 11 heteroatoms. The van der Waals surface area contributed by atoms with E-state index in [4.69, 9.17) is 28.4 Å². The topological polar surface area (TPSA) is 116 Å². The Morgan fingerprint density at radius 1 is 0.900 bits per heavy atom. The fourth-order valence-electron chi connectivity index (χ4n) is 5.35. The van der Waals surface area contributed by atoms with Crippen molar-refractivity contribution in [2.45, 2.75) is 12.5 Å². The van der Waals surface area contributed by atoms with Gasteiger partial charge in [-0.1, -0.05) is 0 Å². The maximum Gasteiger partial charge on any atom is 0.295 e. The molecule has 1 amide bonds. The van der Waals surface area contributed by atoms with Gasteiger partial charge in [0.2, 0.25) is 5.75 Å². The molecule has 214 valence electrons. The lowest BCUT2D eigenvalue weighted by Crippen LogP contribution is -2.39. The molecule has 0 aromatic heterocycles. The minimum Gasteiger partial charge on any atom is -0.507 e. The number of carbonyl (C=O) groups is 2. The first kappa shape index (κ1) is 27.6. The molecule has 0 saturated carbocycles. The molecule has 2 aromatic rings. The van der Waals surface area contributed by atoms with Crippen LogP contribution in [-0.2, 0) is 14.3 Å². The molecule has 0 spiro atoms. The number of rotatable bonds is 9. The summed E-state index contributed by atoms with van der Waals surface area (Å²) >= 11 is 0. The molecule has 11 nitrogen and oxygen atoms in total. The van der Waals surface area contributed by atoms with Gasteiger partial charge in [0.1, 0.15) is 19.0 Å². The molecule has 2 fully saturated rings. The number of likely N-dealkylation sites (tertiary alicyclic amines) is 1. The Kier molecular flexibility index (Phi) is 8.32. The van der Waals surface area contributed by atoms with Crippen molar-refractivity contribution in [1.82, 2.24) is 9.80 Å². The lowest BCUT2D eigenvalue weighted by molar-refractivity contribution is -0.140. The van der Waals surface area contributed by atoms with Gasteiger partial charge in [0.15, 0.2) is 23.0 Å². The van der Waals surface area contributed by atoms with Gasteiger partial charge in [0, 0.05) is 31.7 Å². The minimum atomic E-state index is -0.883. The SMILES string of the molecule is COc1cc(C2/C(=C(\O)c3ccc4c(c3)OCCO4)C(=O)C(=O)N2CCCN2CCOCC2)cc(OC)c1OC. The van der Waals surface area contributed by atoms with Gasteiger partial charge in [-0.3, -0.25) is 14.5 Å². The van der Waals surface area contributed by atoms with Crippen molar-refractivity contribution in [3.8, 4) is 28.7 Å². The van der Waals surface area contributed by atoms with Crippen LogP contribution < -0.4 is 23.7 Å². The molecule has 5 rings (SSSR count). The van der Waals surface area contributed by atoms with E-state index in [1.807, 2.05) is 0 Å². The van der Waals surface area contributed by atoms with E-state index in [1.54, 1.807) is 30.3 Å². The molecular formula is C29H34N2O9. The fraction of sp³-hybridized carbons (Fsp3) is 0.448. The second-order valence-corrected chi connectivity index (χ2v) is 9.62. The number of methoxy groups -OCH3 is 3. The monoisotopic (exact) mass is 554 g/mol. The third kappa shape index (κ3) is 5.26. The number of ether oxygens (including phenoxy) is 6. The first-order chi connectivity index (χ1) is 19.5. The van der Waals surface area contributed by atoms with Crippen LogP contribution in [0.25, 0.3) is 5.76 Å². The lowest BCUT2D eigenvalue weighted by atomic mass is 9.94. The molecule has 3 aliphatic heterocycles. The summed E-state index contributed by atoms with van der Waals surface area (Å²) in [5.41, 5.74) is 0.856. The molecule has 2 aromatic carbocycles. The lowest BCUT2D eigenvalue weighted by Gasteiger charge is -2.29. The zero-order valence-corrected chi connectivity index (χ0v) is 22.9. The van der Waals surface area contributed by atoms with Gasteiger partial charge >= 0.3 is 0 Å². The van der Waals surface area contributed by atoms with E-state index in [0.717, 1.165) is 19.6 Å². The van der Waals surface area contributed by atoms with Crippen molar-refractivity contribution >= 4 is 17.4 Å². The van der Waals surface area contributed by atoms with Crippen molar-refractivity contribution in [2.75, 3.05) is 73.9 Å². The van der Waals surface area contributed by atoms with Crippen LogP contribution in [0.4, 0.5) is 0 Å². The quantitative estimate of drug-likeness (QED) is 0.282. The number of aliphatic hydroxyl groups excluding tert-OH is 1. The van der Waals surface area contributed by atoms with Crippen LogP contribution in [0.2, 0.25) is 0 Å². The maximum absolute atomic E-state index is 13.5. The molecule has 1 atom stereocenters. The Hall–Kier alpha value is -3.96. The van der Waals surface area contributed by atoms with Crippen molar-refractivity contribution in [3.63, 3.8) is 0 Å². The van der Waals surface area contributed by atoms with Gasteiger partial charge in [-0.25, -0.2) is 0 Å². The van der Waals surface area contributed by atoms with Crippen molar-refractivity contribution in [1.29, 1.82) is 0 Å². The number of carbonyl (C=O) groups excluding carboxylic acids is 2. The molecule has 0 radical (unpaired) electrons. The van der Waals surface area contributed by atoms with Gasteiger partial charge < -0.3 is 38.4 Å². The minimum absolute atomic E-state index is 0.0256. The van der Waals surface area contributed by atoms with Crippen molar-refractivity contribution in [2.24, 2.45) is 0 Å². The van der Waals surface area contributed by atoms with Crippen LogP contribution >= 0.6 is 0 Å². The van der Waals surface area contributed by atoms with Gasteiger partial charge in [-0.15, -0.1) is 0 Å². The normalized spacial score (nSPS) is 20.5. The highest BCUT2D eigenvalue weighted by atomic mass is 16.6. The Bertz CT molecular complexity index is 1280. The van der Waals surface area contributed by atoms with E-state index in [1.165, 1.54) is 26.2 Å². The van der Waals surface area contributed by atoms with E-state index < -0.39 is 17.7 Å². The van der Waals surface area contributed by atoms with E-state index >= 15 is 0 Å². The number of morpholine rings is 1. The molecule has 0 bridgehead atoms. The third-order valence-corrected chi connectivity index (χ3v) is 7.34. The van der Waals surface area contributed by atoms with Crippen LogP contribution in [0.5, 0.6) is 28.7 Å². The van der Waals surface area contributed by atoms with Crippen LogP contribution in [0.3, 0.4) is 0 Å². The maximum atomic E-state index is 13.5. The summed E-state index contributed by atoms with van der Waals surface area (Å²) in [4.78, 5) is 30.7. The first-order valence-corrected chi connectivity index (χ1v) is 13.2. The Balaban J connectivity index is 1.57. The molecule has 1 N–H and O–H groups in total. The summed E-state index contributed by atoms with van der Waals surface area (Å²) in [5.74, 6) is 0.379. The summed E-state index contributed by atoms with van der Waals surface area (Å²) < 4.78 is 33.3. The second-order valence-electron chi connectivity index (χ2n) is 9.62. The third-order valence-electron chi connectivity index (χ3n) is 7.34. The number of ketones is 1. The average Bonchev–Trinajstić information content (AvgIpc) is 3.25. The largest absolute Gasteiger partial charge is 0.507 e. The molecule has 2 saturated heterocycles. The average molecular weight is 555 g/mol. The van der Waals surface area contributed by atoms with Crippen LogP contribution in [-0.4, -0.2) is 101 Å². The Morgan fingerprint density at radius 3 is 2.23 bits per heavy atom. The highest BCUT2D eigenvalue weighted by Gasteiger charge is 2.46. The molecule has 0 aliphatic carbocycles. The number of hydrogen-bond acceptors (Lipinski definition) is 10. The summed E-state index contributed by atoms with van der Waals surface area (Å²) in [5, 5.41) is 11.5. The molecule has 40 heavy (non-hydrogen) atoms. The standard InChI is InChI=1S/C29H34N2O9/c1-35-22-16-19(17-23(36-2)28(22)37-3)25-24(26(32)18-5-6-20-21(15-18)40-14-13-39-20)27(33)29(34)31(25)8-4-7-30-9-11-38-12-10-30/h5-6,15-17,25,32H,4,7-14H2,1-3H3/b26-24+. The number of hydrogen-bond donors (Lipinski definition) is 1. The number of aliphatic hydroxyl groups is 1. The van der Waals surface area contributed by atoms with Crippen LogP contribution in [0.15, 0.2) is 35.9 Å². The molecule has 3 aliphatic rings. The van der Waals surface area contributed by atoms with E-state index in [9.17, 15) is 14.7 Å². The van der Waals surface area contributed by atoms with Crippen LogP contribution in [0.1, 0.15) is 23.6 Å². The fourth-order valence-corrected chi connectivity index (χ4v) is 5.35. The number of amides is 1.